The maximum Gasteiger partial charge on any atom is 0.182 e. The lowest BCUT2D eigenvalue weighted by Gasteiger charge is -2.27. The quantitative estimate of drug-likeness (QED) is 0.216. The van der Waals surface area contributed by atoms with Crippen LogP contribution in [0, 0.1) is 0 Å². The number of oxazole rings is 1. The lowest BCUT2D eigenvalue weighted by atomic mass is 9.78. The molecule has 1 aromatic heterocycles. The third-order valence-corrected chi connectivity index (χ3v) is 6.45. The second kappa shape index (κ2) is 10.9. The second-order valence-electron chi connectivity index (χ2n) is 7.34. The number of rotatable bonds is 10. The highest BCUT2D eigenvalue weighted by molar-refractivity contribution is 7.98. The normalized spacial score (nSPS) is 11.5. The van der Waals surface area contributed by atoms with Crippen molar-refractivity contribution < 1.29 is 13.9 Å². The number of halogens is 3. The molecule has 8 heteroatoms. The van der Waals surface area contributed by atoms with Gasteiger partial charge in [-0.25, -0.2) is 4.98 Å². The SMILES string of the molecule is CSc1ncoc1CCOc1ccc(C(C)(C)c2cc(Cl)c(OCCCl)c(Cl)c2)cc1. The predicted molar refractivity (Wildman–Crippen MR) is 129 cm³/mol. The van der Waals surface area contributed by atoms with Crippen molar-refractivity contribution in [3.05, 3.63) is 69.7 Å². The van der Waals surface area contributed by atoms with Gasteiger partial charge in [-0.2, -0.15) is 0 Å². The number of hydrogen-bond acceptors (Lipinski definition) is 5. The van der Waals surface area contributed by atoms with Crippen LogP contribution < -0.4 is 9.47 Å². The minimum Gasteiger partial charge on any atom is -0.493 e. The Morgan fingerprint density at radius 2 is 1.68 bits per heavy atom. The van der Waals surface area contributed by atoms with Gasteiger partial charge in [0, 0.05) is 11.8 Å². The molecule has 0 radical (unpaired) electrons. The van der Waals surface area contributed by atoms with Gasteiger partial charge >= 0.3 is 0 Å². The number of alkyl halides is 1. The zero-order valence-electron chi connectivity index (χ0n) is 17.6. The first-order chi connectivity index (χ1) is 14.9. The van der Waals surface area contributed by atoms with Crippen molar-refractivity contribution in [3.63, 3.8) is 0 Å². The largest absolute Gasteiger partial charge is 0.493 e. The molecule has 4 nitrogen and oxygen atoms in total. The van der Waals surface area contributed by atoms with Crippen LogP contribution in [0.2, 0.25) is 10.0 Å². The van der Waals surface area contributed by atoms with Crippen molar-refractivity contribution in [2.24, 2.45) is 0 Å². The van der Waals surface area contributed by atoms with Gasteiger partial charge in [0.1, 0.15) is 23.1 Å². The molecule has 3 rings (SSSR count). The zero-order chi connectivity index (χ0) is 22.4. The average molecular weight is 501 g/mol. The molecule has 0 fully saturated rings. The van der Waals surface area contributed by atoms with E-state index in [9.17, 15) is 0 Å². The smallest absolute Gasteiger partial charge is 0.182 e. The number of benzene rings is 2. The molecule has 0 atom stereocenters. The van der Waals surface area contributed by atoms with Crippen molar-refractivity contribution >= 4 is 46.6 Å². The van der Waals surface area contributed by atoms with Crippen LogP contribution in [-0.2, 0) is 11.8 Å². The van der Waals surface area contributed by atoms with Crippen molar-refractivity contribution in [1.82, 2.24) is 4.98 Å². The van der Waals surface area contributed by atoms with Crippen LogP contribution in [0.1, 0.15) is 30.7 Å². The molecule has 31 heavy (non-hydrogen) atoms. The molecule has 3 aromatic rings. The molecule has 0 aliphatic rings. The predicted octanol–water partition coefficient (Wildman–Crippen LogP) is 7.27. The summed E-state index contributed by atoms with van der Waals surface area (Å²) in [4.78, 5) is 4.17. The average Bonchev–Trinajstić information content (AvgIpc) is 3.21. The standard InChI is InChI=1S/C23H24Cl3NO3S/c1-23(2,16-12-18(25)21(19(26)13-16)29-11-9-24)15-4-6-17(7-5-15)28-10-8-20-22(31-3)27-14-30-20/h4-7,12-14H,8-11H2,1-3H3. The minimum absolute atomic E-state index is 0.316. The van der Waals surface area contributed by atoms with Gasteiger partial charge in [-0.1, -0.05) is 49.2 Å². The minimum atomic E-state index is -0.316. The molecule has 0 spiro atoms. The van der Waals surface area contributed by atoms with E-state index in [0.717, 1.165) is 27.7 Å². The van der Waals surface area contributed by atoms with E-state index in [1.54, 1.807) is 11.8 Å². The highest BCUT2D eigenvalue weighted by atomic mass is 35.5. The number of hydrogen-bond donors (Lipinski definition) is 0. The Kier molecular flexibility index (Phi) is 8.45. The van der Waals surface area contributed by atoms with E-state index in [1.807, 2.05) is 30.5 Å². The summed E-state index contributed by atoms with van der Waals surface area (Å²) in [6, 6.07) is 11.8. The molecular formula is C23H24Cl3NO3S. The van der Waals surface area contributed by atoms with E-state index in [2.05, 4.69) is 31.0 Å². The third kappa shape index (κ3) is 5.83. The first-order valence-electron chi connectivity index (χ1n) is 9.74. The fourth-order valence-corrected chi connectivity index (χ4v) is 4.39. The summed E-state index contributed by atoms with van der Waals surface area (Å²) in [5.74, 6) is 2.47. The summed E-state index contributed by atoms with van der Waals surface area (Å²) < 4.78 is 16.8. The van der Waals surface area contributed by atoms with E-state index in [0.29, 0.717) is 41.3 Å². The lowest BCUT2D eigenvalue weighted by Crippen LogP contribution is -2.19. The van der Waals surface area contributed by atoms with Gasteiger partial charge in [-0.3, -0.25) is 0 Å². The zero-order valence-corrected chi connectivity index (χ0v) is 20.7. The van der Waals surface area contributed by atoms with Crippen molar-refractivity contribution in [2.75, 3.05) is 25.3 Å². The van der Waals surface area contributed by atoms with Gasteiger partial charge in [0.25, 0.3) is 0 Å². The first-order valence-corrected chi connectivity index (χ1v) is 12.3. The molecule has 0 saturated heterocycles. The summed E-state index contributed by atoms with van der Waals surface area (Å²) in [6.45, 7) is 5.11. The van der Waals surface area contributed by atoms with Crippen LogP contribution in [0.4, 0.5) is 0 Å². The highest BCUT2D eigenvalue weighted by Crippen LogP contribution is 2.40. The van der Waals surface area contributed by atoms with E-state index >= 15 is 0 Å². The van der Waals surface area contributed by atoms with E-state index < -0.39 is 0 Å². The molecule has 0 N–H and O–H groups in total. The number of thioether (sulfide) groups is 1. The van der Waals surface area contributed by atoms with Crippen molar-refractivity contribution in [1.29, 1.82) is 0 Å². The van der Waals surface area contributed by atoms with E-state index in [-0.39, 0.29) is 5.41 Å². The summed E-state index contributed by atoms with van der Waals surface area (Å²) in [6.07, 6.45) is 4.11. The molecule has 0 bridgehead atoms. The lowest BCUT2D eigenvalue weighted by molar-refractivity contribution is 0.307. The van der Waals surface area contributed by atoms with Crippen LogP contribution in [-0.4, -0.2) is 30.3 Å². The summed E-state index contributed by atoms with van der Waals surface area (Å²) >= 11 is 20.1. The Hall–Kier alpha value is -1.53. The summed E-state index contributed by atoms with van der Waals surface area (Å²) in [5, 5.41) is 1.84. The Morgan fingerprint density at radius 1 is 1.00 bits per heavy atom. The van der Waals surface area contributed by atoms with Gasteiger partial charge in [0.05, 0.1) is 22.5 Å². The topological polar surface area (TPSA) is 44.5 Å². The Labute approximate surface area is 202 Å². The molecule has 0 saturated carbocycles. The summed E-state index contributed by atoms with van der Waals surface area (Å²) in [5.41, 5.74) is 1.79. The Bertz CT molecular complexity index is 983. The van der Waals surface area contributed by atoms with Crippen LogP contribution in [0.15, 0.2) is 52.2 Å². The van der Waals surface area contributed by atoms with Gasteiger partial charge in [-0.05, 0) is 41.6 Å². The number of nitrogens with zero attached hydrogens (tertiary/aromatic N) is 1. The fraction of sp³-hybridized carbons (Fsp3) is 0.348. The van der Waals surface area contributed by atoms with E-state index in [4.69, 9.17) is 48.7 Å². The van der Waals surface area contributed by atoms with Gasteiger partial charge in [0.2, 0.25) is 0 Å². The second-order valence-corrected chi connectivity index (χ2v) is 9.33. The third-order valence-electron chi connectivity index (χ3n) is 5.01. The molecular weight excluding hydrogens is 477 g/mol. The van der Waals surface area contributed by atoms with Crippen molar-refractivity contribution in [3.8, 4) is 11.5 Å². The monoisotopic (exact) mass is 499 g/mol. The van der Waals surface area contributed by atoms with Crippen LogP contribution in [0.3, 0.4) is 0 Å². The maximum absolute atomic E-state index is 6.42. The van der Waals surface area contributed by atoms with Gasteiger partial charge in [0.15, 0.2) is 12.1 Å². The Morgan fingerprint density at radius 3 is 2.29 bits per heavy atom. The van der Waals surface area contributed by atoms with Gasteiger partial charge in [-0.15, -0.1) is 23.4 Å². The van der Waals surface area contributed by atoms with Gasteiger partial charge < -0.3 is 13.9 Å². The summed E-state index contributed by atoms with van der Waals surface area (Å²) in [7, 11) is 0. The first kappa shape index (κ1) is 24.1. The molecule has 166 valence electrons. The van der Waals surface area contributed by atoms with Crippen molar-refractivity contribution in [2.45, 2.75) is 30.7 Å². The maximum atomic E-state index is 6.42. The van der Waals surface area contributed by atoms with Crippen LogP contribution in [0.25, 0.3) is 0 Å². The molecule has 0 aliphatic heterocycles. The molecule has 0 aliphatic carbocycles. The van der Waals surface area contributed by atoms with Crippen LogP contribution in [0.5, 0.6) is 11.5 Å². The molecule has 1 heterocycles. The van der Waals surface area contributed by atoms with Crippen LogP contribution >= 0.6 is 46.6 Å². The molecule has 0 unspecified atom stereocenters. The number of ether oxygens (including phenoxy) is 2. The van der Waals surface area contributed by atoms with E-state index in [1.165, 1.54) is 6.39 Å². The molecule has 2 aromatic carbocycles. The Balaban J connectivity index is 1.69. The fourth-order valence-electron chi connectivity index (χ4n) is 3.19. The number of aromatic nitrogens is 1. The highest BCUT2D eigenvalue weighted by Gasteiger charge is 2.25. The molecule has 0 amide bonds.